The van der Waals surface area contributed by atoms with Gasteiger partial charge in [-0.3, -0.25) is 14.6 Å². The van der Waals surface area contributed by atoms with Gasteiger partial charge in [-0.05, 0) is 167 Å². The maximum Gasteiger partial charge on any atom is 0.319 e. The van der Waals surface area contributed by atoms with Crippen LogP contribution in [0.15, 0.2) is 48.7 Å². The van der Waals surface area contributed by atoms with E-state index in [0.717, 1.165) is 115 Å². The van der Waals surface area contributed by atoms with Gasteiger partial charge in [0.25, 0.3) is 0 Å². The maximum absolute atomic E-state index is 17.3. The number of aryl methyl sites for hydroxylation is 1. The van der Waals surface area contributed by atoms with Gasteiger partial charge < -0.3 is 49.2 Å². The second-order valence-electron chi connectivity index (χ2n) is 23.2. The number of likely N-dealkylation sites (N-methyl/N-ethyl adjacent to an activating group) is 2. The number of carbonyl (C=O) groups is 3. The second kappa shape index (κ2) is 21.1. The van der Waals surface area contributed by atoms with Gasteiger partial charge in [0.05, 0.1) is 35.6 Å². The number of anilines is 3. The number of phenols is 1. The van der Waals surface area contributed by atoms with Crippen LogP contribution < -0.4 is 24.8 Å². The quantitative estimate of drug-likeness (QED) is 0.0806. The number of fused-ring (bicyclic) bond motifs is 2. The first-order valence-corrected chi connectivity index (χ1v) is 27.8. The van der Waals surface area contributed by atoms with Crippen molar-refractivity contribution < 1.29 is 37.7 Å². The number of rotatable bonds is 18. The zero-order valence-electron chi connectivity index (χ0n) is 44.6. The van der Waals surface area contributed by atoms with E-state index in [-0.39, 0.29) is 46.3 Å². The molecule has 6 fully saturated rings. The molecule has 11 rings (SSSR count). The highest BCUT2D eigenvalue weighted by molar-refractivity contribution is 6.02. The Morgan fingerprint density at radius 2 is 1.75 bits per heavy atom. The van der Waals surface area contributed by atoms with Crippen molar-refractivity contribution in [3.05, 3.63) is 71.4 Å². The van der Waals surface area contributed by atoms with Crippen molar-refractivity contribution in [3.8, 4) is 23.0 Å². The molecule has 17 heteroatoms. The third kappa shape index (κ3) is 9.95. The Morgan fingerprint density at radius 1 is 0.974 bits per heavy atom. The molecule has 4 aliphatic heterocycles. The number of benzene rings is 3. The smallest absolute Gasteiger partial charge is 0.319 e. The molecule has 3 aromatic carbocycles. The van der Waals surface area contributed by atoms with E-state index >= 15 is 8.78 Å². The van der Waals surface area contributed by atoms with Crippen LogP contribution in [0.4, 0.5) is 26.0 Å². The number of aromatic hydroxyl groups is 1. The van der Waals surface area contributed by atoms with Crippen molar-refractivity contribution in [3.63, 3.8) is 0 Å². The summed E-state index contributed by atoms with van der Waals surface area (Å²) in [7, 11) is 5.18. The number of piperidine rings is 3. The lowest BCUT2D eigenvalue weighted by molar-refractivity contribution is -0.151. The van der Waals surface area contributed by atoms with Gasteiger partial charge in [0.2, 0.25) is 12.3 Å². The van der Waals surface area contributed by atoms with Crippen LogP contribution in [0.2, 0.25) is 0 Å². The first-order valence-electron chi connectivity index (χ1n) is 27.8. The molecular weight excluding hydrogens is 969 g/mol. The Labute approximate surface area is 444 Å². The minimum Gasteiger partial charge on any atom is -0.508 e. The molecule has 2 saturated carbocycles. The van der Waals surface area contributed by atoms with Crippen molar-refractivity contribution in [1.29, 1.82) is 0 Å². The summed E-state index contributed by atoms with van der Waals surface area (Å²) in [6, 6.07) is 12.5. The van der Waals surface area contributed by atoms with Crippen molar-refractivity contribution in [2.24, 2.45) is 10.8 Å². The number of nitrogens with one attached hydrogen (secondary N) is 1. The van der Waals surface area contributed by atoms with Gasteiger partial charge >= 0.3 is 6.01 Å². The Kier molecular flexibility index (Phi) is 14.4. The molecule has 2 aromatic heterocycles. The van der Waals surface area contributed by atoms with Gasteiger partial charge in [-0.15, -0.1) is 0 Å². The summed E-state index contributed by atoms with van der Waals surface area (Å²) in [5.74, 6) is -0.360. The summed E-state index contributed by atoms with van der Waals surface area (Å²) in [5.41, 5.74) is 3.64. The van der Waals surface area contributed by atoms with Crippen molar-refractivity contribution >= 4 is 57.5 Å². The minimum atomic E-state index is -0.671. The molecule has 4 saturated heterocycles. The summed E-state index contributed by atoms with van der Waals surface area (Å²) >= 11 is 0. The average Bonchev–Trinajstić information content (AvgIpc) is 4.24. The zero-order valence-corrected chi connectivity index (χ0v) is 44.6. The number of ether oxygens (including phenoxy) is 2. The Bertz CT molecular complexity index is 3000. The second-order valence-corrected chi connectivity index (χ2v) is 23.2. The number of hydrogen-bond donors (Lipinski definition) is 2. The summed E-state index contributed by atoms with van der Waals surface area (Å²) < 4.78 is 45.2. The third-order valence-electron chi connectivity index (χ3n) is 18.5. The lowest BCUT2D eigenvalue weighted by Crippen LogP contribution is -2.56. The maximum atomic E-state index is 17.3. The summed E-state index contributed by atoms with van der Waals surface area (Å²) in [6.45, 7) is 9.51. The molecule has 2 amide bonds. The molecule has 6 heterocycles. The number of hydrogen-bond acceptors (Lipinski definition) is 13. The number of carbonyl (C=O) groups excluding carboxylic acids is 3. The predicted octanol–water partition coefficient (Wildman–Crippen LogP) is 8.56. The van der Waals surface area contributed by atoms with Crippen LogP contribution in [0.1, 0.15) is 107 Å². The number of phenolic OH excluding ortho intramolecular Hbond substituents is 1. The van der Waals surface area contributed by atoms with Gasteiger partial charge in [0.15, 0.2) is 5.82 Å². The summed E-state index contributed by atoms with van der Waals surface area (Å²) in [4.78, 5) is 61.5. The van der Waals surface area contributed by atoms with Crippen molar-refractivity contribution in [2.45, 2.75) is 120 Å². The number of aromatic nitrogens is 3. The molecule has 6 aliphatic rings. The fourth-order valence-corrected chi connectivity index (χ4v) is 13.6. The molecule has 2 atom stereocenters. The van der Waals surface area contributed by atoms with Crippen LogP contribution in [0.3, 0.4) is 0 Å². The van der Waals surface area contributed by atoms with Crippen LogP contribution in [-0.2, 0) is 25.5 Å². The standard InChI is InChI=1S/C59H73F2N9O6/c1-5-43-46(60)11-9-40-28-42(73)30-44(50(40)43)52-51(61)53-45(33-63-52)54(70-21-7-15-59(35-70)20-27-76-59)65-56(64-53)75-36-58(16-17-58)34-68-24-18-57(19-25-68)31-41(32-57)69-22-13-38(14-23-69)39-10-12-47(49(29-39)66(3)37-72)67(4)48(8-6-26-71)55(74)62-2/h9-12,26,28-30,33,37-38,41,48,73H,5-8,13-25,27,31-32,34-36H2,1-4H3,(H,62,74). The number of amides is 2. The van der Waals surface area contributed by atoms with E-state index in [1.165, 1.54) is 43.4 Å². The van der Waals surface area contributed by atoms with Crippen molar-refractivity contribution in [2.75, 3.05) is 94.9 Å². The van der Waals surface area contributed by atoms with Gasteiger partial charge in [0, 0.05) is 76.8 Å². The Balaban J connectivity index is 0.726. The Hall–Kier alpha value is -6.04. The Morgan fingerprint density at radius 3 is 2.43 bits per heavy atom. The van der Waals surface area contributed by atoms with Gasteiger partial charge in [0.1, 0.15) is 40.9 Å². The fraction of sp³-hybridized carbons (Fsp3) is 0.559. The van der Waals surface area contributed by atoms with Gasteiger partial charge in [-0.1, -0.05) is 19.1 Å². The molecule has 2 N–H and O–H groups in total. The first kappa shape index (κ1) is 52.0. The topological polar surface area (TPSA) is 157 Å². The van der Waals surface area contributed by atoms with Crippen molar-refractivity contribution in [1.82, 2.24) is 30.1 Å². The largest absolute Gasteiger partial charge is 0.508 e. The van der Waals surface area contributed by atoms with Crippen LogP contribution in [-0.4, -0.2) is 146 Å². The fourth-order valence-electron chi connectivity index (χ4n) is 13.6. The highest BCUT2D eigenvalue weighted by atomic mass is 19.1. The van der Waals surface area contributed by atoms with E-state index in [9.17, 15) is 19.5 Å². The number of pyridine rings is 1. The van der Waals surface area contributed by atoms with E-state index in [2.05, 4.69) is 37.1 Å². The highest BCUT2D eigenvalue weighted by Gasteiger charge is 2.51. The molecule has 0 bridgehead atoms. The SMILES string of the molecule is CCc1c(F)ccc2cc(O)cc(-c3ncc4c(N5CCCC6(CCO6)C5)nc(OCC5(CN6CCC7(CC6)CC(N6CCC(c8ccc(N(C)C(CCC=O)C(=O)NC)c(N(C)C=O)c8)CC6)C7)CC5)nc4c3F)c12. The molecule has 5 aromatic rings. The average molecular weight is 1040 g/mol. The monoisotopic (exact) mass is 1040 g/mol. The van der Waals surface area contributed by atoms with Gasteiger partial charge in [-0.2, -0.15) is 9.97 Å². The van der Waals surface area contributed by atoms with Crippen LogP contribution >= 0.6 is 0 Å². The number of nitrogens with zero attached hydrogens (tertiary/aromatic N) is 8. The van der Waals surface area contributed by atoms with Gasteiger partial charge in [-0.25, -0.2) is 8.78 Å². The molecule has 2 unspecified atom stereocenters. The summed E-state index contributed by atoms with van der Waals surface area (Å²) in [5, 5.41) is 15.1. The molecule has 0 radical (unpaired) electrons. The van der Waals surface area contributed by atoms with E-state index in [0.29, 0.717) is 76.5 Å². The third-order valence-corrected chi connectivity index (χ3v) is 18.5. The van der Waals surface area contributed by atoms with E-state index in [1.807, 2.05) is 24.9 Å². The van der Waals surface area contributed by atoms with E-state index in [4.69, 9.17) is 19.4 Å². The minimum absolute atomic E-state index is 0.0167. The number of aldehydes is 1. The number of halogens is 2. The lowest BCUT2D eigenvalue weighted by Gasteiger charge is -2.56. The highest BCUT2D eigenvalue weighted by Crippen LogP contribution is 2.54. The first-order chi connectivity index (χ1) is 36.8. The molecule has 15 nitrogen and oxygen atoms in total. The van der Waals surface area contributed by atoms with Crippen LogP contribution in [0.25, 0.3) is 32.9 Å². The predicted molar refractivity (Wildman–Crippen MR) is 290 cm³/mol. The van der Waals surface area contributed by atoms with Crippen LogP contribution in [0, 0.1) is 22.5 Å². The molecule has 404 valence electrons. The lowest BCUT2D eigenvalue weighted by atomic mass is 9.59. The van der Waals surface area contributed by atoms with Crippen LogP contribution in [0.5, 0.6) is 11.8 Å². The molecular formula is C59H73F2N9O6. The number of likely N-dealkylation sites (tertiary alicyclic amines) is 2. The van der Waals surface area contributed by atoms with E-state index < -0.39 is 17.7 Å². The zero-order chi connectivity index (χ0) is 52.9. The molecule has 76 heavy (non-hydrogen) atoms. The normalized spacial score (nSPS) is 22.1. The molecule has 2 aliphatic carbocycles. The van der Waals surface area contributed by atoms with E-state index in [1.54, 1.807) is 37.3 Å². The molecule has 2 spiro atoms. The summed E-state index contributed by atoms with van der Waals surface area (Å²) in [6.07, 6.45) is 16.1.